The number of rotatable bonds is 8. The SMILES string of the molecule is CCc1ccccc1C(=O)N(CCC(=O)O)Cc1ccc(OC)cc1C(F)(F)F. The molecule has 0 atom stereocenters. The molecule has 0 unspecified atom stereocenters. The highest BCUT2D eigenvalue weighted by atomic mass is 19.4. The van der Waals surface area contributed by atoms with Crippen LogP contribution in [0.4, 0.5) is 13.2 Å². The molecule has 0 bridgehead atoms. The number of ether oxygens (including phenoxy) is 1. The van der Waals surface area contributed by atoms with Crippen molar-refractivity contribution in [3.8, 4) is 5.75 Å². The number of carboxylic acid groups (broad SMARTS) is 1. The lowest BCUT2D eigenvalue weighted by molar-refractivity contribution is -0.139. The first-order valence-corrected chi connectivity index (χ1v) is 9.00. The average Bonchev–Trinajstić information content (AvgIpc) is 2.69. The third-order valence-corrected chi connectivity index (χ3v) is 4.50. The van der Waals surface area contributed by atoms with E-state index in [0.29, 0.717) is 12.0 Å². The summed E-state index contributed by atoms with van der Waals surface area (Å²) in [7, 11) is 1.26. The topological polar surface area (TPSA) is 66.8 Å². The fourth-order valence-corrected chi connectivity index (χ4v) is 2.98. The van der Waals surface area contributed by atoms with Crippen molar-refractivity contribution < 1.29 is 32.6 Å². The van der Waals surface area contributed by atoms with Gasteiger partial charge in [0.2, 0.25) is 0 Å². The van der Waals surface area contributed by atoms with Crippen molar-refractivity contribution in [3.05, 3.63) is 64.7 Å². The molecule has 0 fully saturated rings. The first-order valence-electron chi connectivity index (χ1n) is 9.00. The van der Waals surface area contributed by atoms with Crippen molar-refractivity contribution in [2.75, 3.05) is 13.7 Å². The van der Waals surface area contributed by atoms with Gasteiger partial charge in [0, 0.05) is 18.7 Å². The molecule has 1 N–H and O–H groups in total. The smallest absolute Gasteiger partial charge is 0.416 e. The number of nitrogens with zero attached hydrogens (tertiary/aromatic N) is 1. The second-order valence-electron chi connectivity index (χ2n) is 6.40. The Bertz CT molecular complexity index is 880. The Morgan fingerprint density at radius 2 is 1.79 bits per heavy atom. The Morgan fingerprint density at radius 1 is 1.10 bits per heavy atom. The third kappa shape index (κ3) is 5.73. The van der Waals surface area contributed by atoms with E-state index in [-0.39, 0.29) is 30.8 Å². The van der Waals surface area contributed by atoms with Gasteiger partial charge in [-0.1, -0.05) is 31.2 Å². The van der Waals surface area contributed by atoms with Crippen LogP contribution < -0.4 is 4.74 Å². The van der Waals surface area contributed by atoms with Crippen LogP contribution in [0.2, 0.25) is 0 Å². The van der Waals surface area contributed by atoms with Gasteiger partial charge >= 0.3 is 12.1 Å². The predicted octanol–water partition coefficient (Wildman–Crippen LogP) is 4.39. The highest BCUT2D eigenvalue weighted by Gasteiger charge is 2.34. The van der Waals surface area contributed by atoms with Crippen LogP contribution in [0.5, 0.6) is 5.75 Å². The van der Waals surface area contributed by atoms with Crippen LogP contribution in [0.3, 0.4) is 0 Å². The van der Waals surface area contributed by atoms with E-state index in [1.54, 1.807) is 24.3 Å². The maximum absolute atomic E-state index is 13.5. The van der Waals surface area contributed by atoms with Gasteiger partial charge in [-0.3, -0.25) is 9.59 Å². The van der Waals surface area contributed by atoms with E-state index in [2.05, 4.69) is 0 Å². The van der Waals surface area contributed by atoms with Crippen LogP contribution in [0.15, 0.2) is 42.5 Å². The first-order chi connectivity index (χ1) is 13.7. The van der Waals surface area contributed by atoms with E-state index in [4.69, 9.17) is 9.84 Å². The summed E-state index contributed by atoms with van der Waals surface area (Å²) in [5.74, 6) is -1.61. The summed E-state index contributed by atoms with van der Waals surface area (Å²) >= 11 is 0. The second-order valence-corrected chi connectivity index (χ2v) is 6.40. The van der Waals surface area contributed by atoms with Gasteiger partial charge in [0.25, 0.3) is 5.91 Å². The van der Waals surface area contributed by atoms with Crippen molar-refractivity contribution in [1.82, 2.24) is 4.90 Å². The Balaban J connectivity index is 2.44. The van der Waals surface area contributed by atoms with E-state index in [0.717, 1.165) is 16.5 Å². The van der Waals surface area contributed by atoms with Crippen molar-refractivity contribution in [2.24, 2.45) is 0 Å². The first kappa shape index (κ1) is 22.3. The lowest BCUT2D eigenvalue weighted by Gasteiger charge is -2.25. The summed E-state index contributed by atoms with van der Waals surface area (Å²) in [5, 5.41) is 9.00. The molecule has 1 amide bonds. The molecule has 0 heterocycles. The van der Waals surface area contributed by atoms with E-state index in [1.807, 2.05) is 6.92 Å². The minimum absolute atomic E-state index is 0.0424. The van der Waals surface area contributed by atoms with Gasteiger partial charge in [-0.25, -0.2) is 0 Å². The van der Waals surface area contributed by atoms with E-state index in [9.17, 15) is 22.8 Å². The summed E-state index contributed by atoms with van der Waals surface area (Å²) in [6.07, 6.45) is -4.46. The summed E-state index contributed by atoms with van der Waals surface area (Å²) in [5.41, 5.74) is 0.0332. The Labute approximate surface area is 166 Å². The molecular formula is C21H22F3NO4. The zero-order valence-electron chi connectivity index (χ0n) is 16.1. The number of carbonyl (C=O) groups is 2. The molecule has 2 rings (SSSR count). The maximum Gasteiger partial charge on any atom is 0.416 e. The fourth-order valence-electron chi connectivity index (χ4n) is 2.98. The van der Waals surface area contributed by atoms with Gasteiger partial charge in [-0.2, -0.15) is 13.2 Å². The molecule has 2 aromatic rings. The normalized spacial score (nSPS) is 11.2. The Morgan fingerprint density at radius 3 is 2.38 bits per heavy atom. The lowest BCUT2D eigenvalue weighted by Crippen LogP contribution is -2.34. The molecule has 0 aliphatic heterocycles. The monoisotopic (exact) mass is 409 g/mol. The number of carboxylic acids is 1. The number of alkyl halides is 3. The summed E-state index contributed by atoms with van der Waals surface area (Å²) in [6.45, 7) is 1.28. The van der Waals surface area contributed by atoms with Crippen LogP contribution in [-0.4, -0.2) is 35.5 Å². The number of carbonyl (C=O) groups excluding carboxylic acids is 1. The highest BCUT2D eigenvalue weighted by molar-refractivity contribution is 5.95. The molecule has 156 valence electrons. The lowest BCUT2D eigenvalue weighted by atomic mass is 10.0. The van der Waals surface area contributed by atoms with Gasteiger partial charge in [0.15, 0.2) is 0 Å². The van der Waals surface area contributed by atoms with Gasteiger partial charge in [-0.15, -0.1) is 0 Å². The third-order valence-electron chi connectivity index (χ3n) is 4.50. The van der Waals surface area contributed by atoms with Crippen LogP contribution >= 0.6 is 0 Å². The molecule has 2 aromatic carbocycles. The molecule has 0 radical (unpaired) electrons. The number of halogens is 3. The maximum atomic E-state index is 13.5. The quantitative estimate of drug-likeness (QED) is 0.702. The molecule has 5 nitrogen and oxygen atoms in total. The van der Waals surface area contributed by atoms with Crippen molar-refractivity contribution >= 4 is 11.9 Å². The molecular weight excluding hydrogens is 387 g/mol. The molecule has 29 heavy (non-hydrogen) atoms. The van der Waals surface area contributed by atoms with Crippen molar-refractivity contribution in [3.63, 3.8) is 0 Å². The molecule has 8 heteroatoms. The van der Waals surface area contributed by atoms with Gasteiger partial charge in [-0.05, 0) is 35.7 Å². The average molecular weight is 409 g/mol. The molecule has 0 aliphatic rings. The highest BCUT2D eigenvalue weighted by Crippen LogP contribution is 2.35. The molecule has 0 saturated heterocycles. The largest absolute Gasteiger partial charge is 0.497 e. The van der Waals surface area contributed by atoms with Crippen LogP contribution in [0, 0.1) is 0 Å². The number of hydrogen-bond acceptors (Lipinski definition) is 3. The van der Waals surface area contributed by atoms with Crippen molar-refractivity contribution in [2.45, 2.75) is 32.5 Å². The van der Waals surface area contributed by atoms with Gasteiger partial charge < -0.3 is 14.7 Å². The second kappa shape index (κ2) is 9.45. The van der Waals surface area contributed by atoms with E-state index >= 15 is 0 Å². The number of benzene rings is 2. The van der Waals surface area contributed by atoms with E-state index < -0.39 is 23.6 Å². The zero-order valence-corrected chi connectivity index (χ0v) is 16.1. The van der Waals surface area contributed by atoms with Gasteiger partial charge in [0.1, 0.15) is 5.75 Å². The zero-order chi connectivity index (χ0) is 21.6. The molecule has 0 aliphatic carbocycles. The Hall–Kier alpha value is -3.03. The molecule has 0 aromatic heterocycles. The Kier molecular flexibility index (Phi) is 7.25. The summed E-state index contributed by atoms with van der Waals surface area (Å²) in [4.78, 5) is 25.2. The number of amides is 1. The molecule has 0 saturated carbocycles. The van der Waals surface area contributed by atoms with Crippen LogP contribution in [0.1, 0.15) is 40.4 Å². The fraction of sp³-hybridized carbons (Fsp3) is 0.333. The van der Waals surface area contributed by atoms with Crippen LogP contribution in [-0.2, 0) is 23.9 Å². The summed E-state index contributed by atoms with van der Waals surface area (Å²) < 4.78 is 45.4. The predicted molar refractivity (Wildman–Crippen MR) is 101 cm³/mol. The van der Waals surface area contributed by atoms with Crippen LogP contribution in [0.25, 0.3) is 0 Å². The summed E-state index contributed by atoms with van der Waals surface area (Å²) in [6, 6.07) is 10.3. The number of methoxy groups -OCH3 is 1. The van der Waals surface area contributed by atoms with Gasteiger partial charge in [0.05, 0.1) is 19.1 Å². The minimum atomic E-state index is -4.65. The van der Waals surface area contributed by atoms with Crippen molar-refractivity contribution in [1.29, 1.82) is 0 Å². The number of hydrogen-bond donors (Lipinski definition) is 1. The molecule has 0 spiro atoms. The number of aryl methyl sites for hydroxylation is 1. The minimum Gasteiger partial charge on any atom is -0.497 e. The number of aliphatic carboxylic acids is 1. The standard InChI is InChI=1S/C21H22F3NO4/c1-3-14-6-4-5-7-17(14)20(28)25(11-10-19(26)27)13-15-8-9-16(29-2)12-18(15)21(22,23)24/h4-9,12H,3,10-11,13H2,1-2H3,(H,26,27). The van der Waals surface area contributed by atoms with E-state index in [1.165, 1.54) is 19.2 Å².